The number of rotatable bonds is 5. The molecule has 2 rings (SSSR count). The number of benzene rings is 2. The Kier molecular flexibility index (Phi) is 7.57. The predicted molar refractivity (Wildman–Crippen MR) is 102 cm³/mol. The van der Waals surface area contributed by atoms with E-state index >= 15 is 0 Å². The largest absolute Gasteiger partial charge is 0.390 e. The van der Waals surface area contributed by atoms with Crippen LogP contribution in [0.25, 0.3) is 0 Å². The Morgan fingerprint density at radius 2 is 1.78 bits per heavy atom. The molecule has 0 radical (unpaired) electrons. The van der Waals surface area contributed by atoms with E-state index in [1.807, 2.05) is 29.7 Å². The van der Waals surface area contributed by atoms with Crippen molar-refractivity contribution < 1.29 is 15.1 Å². The van der Waals surface area contributed by atoms with Gasteiger partial charge in [0.15, 0.2) is 0 Å². The molecule has 0 fully saturated rings. The molecule has 27 heavy (non-hydrogen) atoms. The third-order valence-corrected chi connectivity index (χ3v) is 3.69. The van der Waals surface area contributed by atoms with Crippen LogP contribution in [0.15, 0.2) is 48.5 Å². The molecular formula is C21H21N3O3. The van der Waals surface area contributed by atoms with Crippen molar-refractivity contribution in [3.63, 3.8) is 0 Å². The quantitative estimate of drug-likeness (QED) is 0.309. The summed E-state index contributed by atoms with van der Waals surface area (Å²) in [7, 11) is 0. The van der Waals surface area contributed by atoms with Gasteiger partial charge in [-0.3, -0.25) is 4.79 Å². The van der Waals surface area contributed by atoms with E-state index in [1.165, 1.54) is 6.92 Å². The van der Waals surface area contributed by atoms with E-state index in [1.54, 1.807) is 24.3 Å². The minimum Gasteiger partial charge on any atom is -0.390 e. The van der Waals surface area contributed by atoms with Gasteiger partial charge < -0.3 is 21.4 Å². The maximum Gasteiger partial charge on any atom is 0.252 e. The van der Waals surface area contributed by atoms with Crippen LogP contribution in [0, 0.1) is 23.7 Å². The number of hydrogen-bond donors (Lipinski definition) is 5. The summed E-state index contributed by atoms with van der Waals surface area (Å²) in [5.74, 6) is 11.0. The van der Waals surface area contributed by atoms with Crippen LogP contribution < -0.4 is 16.5 Å². The monoisotopic (exact) mass is 363 g/mol. The van der Waals surface area contributed by atoms with Crippen LogP contribution in [0.1, 0.15) is 34.0 Å². The molecule has 0 heterocycles. The third kappa shape index (κ3) is 6.27. The average molecular weight is 363 g/mol. The van der Waals surface area contributed by atoms with E-state index in [2.05, 4.69) is 29.0 Å². The summed E-state index contributed by atoms with van der Waals surface area (Å²) in [6, 6.07) is 14.3. The van der Waals surface area contributed by atoms with Crippen molar-refractivity contribution in [1.82, 2.24) is 10.8 Å². The van der Waals surface area contributed by atoms with Crippen molar-refractivity contribution in [1.29, 1.82) is 0 Å². The van der Waals surface area contributed by atoms with Crippen molar-refractivity contribution in [3.05, 3.63) is 70.8 Å². The smallest absolute Gasteiger partial charge is 0.252 e. The highest BCUT2D eigenvalue weighted by molar-refractivity contribution is 5.94. The van der Waals surface area contributed by atoms with Crippen molar-refractivity contribution >= 4 is 5.91 Å². The van der Waals surface area contributed by atoms with Crippen LogP contribution in [0.3, 0.4) is 0 Å². The number of carbonyl (C=O) groups is 1. The van der Waals surface area contributed by atoms with Crippen molar-refractivity contribution in [3.8, 4) is 23.7 Å². The molecule has 6 N–H and O–H groups in total. The van der Waals surface area contributed by atoms with E-state index in [9.17, 15) is 9.90 Å². The summed E-state index contributed by atoms with van der Waals surface area (Å²) in [6.07, 6.45) is -1.90. The van der Waals surface area contributed by atoms with Crippen LogP contribution in [-0.2, 0) is 6.54 Å². The fourth-order valence-electron chi connectivity index (χ4n) is 2.17. The summed E-state index contributed by atoms with van der Waals surface area (Å²) in [5, 5.41) is 20.8. The van der Waals surface area contributed by atoms with Crippen molar-refractivity contribution in [2.75, 3.05) is 0 Å². The van der Waals surface area contributed by atoms with Gasteiger partial charge in [0.05, 0.1) is 6.10 Å². The molecule has 2 unspecified atom stereocenters. The lowest BCUT2D eigenvalue weighted by molar-refractivity contribution is 0.0304. The first-order valence-electron chi connectivity index (χ1n) is 8.33. The van der Waals surface area contributed by atoms with Gasteiger partial charge in [-0.25, -0.2) is 0 Å². The normalized spacial score (nSPS) is 12.0. The topological polar surface area (TPSA) is 108 Å². The minimum absolute atomic E-state index is 0.381. The Balaban J connectivity index is 2.01. The Bertz CT molecular complexity index is 900. The lowest BCUT2D eigenvalue weighted by Gasteiger charge is -2.19. The van der Waals surface area contributed by atoms with Crippen LogP contribution in [0.4, 0.5) is 0 Å². The molecular weight excluding hydrogens is 342 g/mol. The molecule has 2 aromatic carbocycles. The predicted octanol–water partition coefficient (Wildman–Crippen LogP) is 0.964. The average Bonchev–Trinajstić information content (AvgIpc) is 2.69. The minimum atomic E-state index is -0.954. The highest BCUT2D eigenvalue weighted by Crippen LogP contribution is 2.05. The molecule has 0 aliphatic carbocycles. The Hall–Kier alpha value is -3.13. The Labute approximate surface area is 158 Å². The molecule has 0 aliphatic rings. The second-order valence-electron chi connectivity index (χ2n) is 5.80. The fourth-order valence-corrected chi connectivity index (χ4v) is 2.17. The van der Waals surface area contributed by atoms with Gasteiger partial charge in [0, 0.05) is 23.2 Å². The van der Waals surface area contributed by atoms with Crippen LogP contribution in [0.2, 0.25) is 0 Å². The third-order valence-electron chi connectivity index (χ3n) is 3.69. The molecule has 6 nitrogen and oxygen atoms in total. The highest BCUT2D eigenvalue weighted by atomic mass is 16.5. The van der Waals surface area contributed by atoms with Gasteiger partial charge in [-0.2, -0.15) is 5.48 Å². The van der Waals surface area contributed by atoms with Gasteiger partial charge in [0.2, 0.25) is 0 Å². The number of aliphatic hydroxyl groups is 1. The zero-order chi connectivity index (χ0) is 19.6. The first-order valence-corrected chi connectivity index (χ1v) is 8.33. The molecule has 0 aromatic heterocycles. The van der Waals surface area contributed by atoms with Crippen molar-refractivity contribution in [2.24, 2.45) is 5.73 Å². The lowest BCUT2D eigenvalue weighted by Crippen LogP contribution is -2.50. The van der Waals surface area contributed by atoms with Gasteiger partial charge >= 0.3 is 0 Å². The molecule has 0 spiro atoms. The maximum absolute atomic E-state index is 12.1. The summed E-state index contributed by atoms with van der Waals surface area (Å²) in [6.45, 7) is 1.91. The zero-order valence-corrected chi connectivity index (χ0v) is 14.9. The van der Waals surface area contributed by atoms with E-state index in [4.69, 9.17) is 10.9 Å². The summed E-state index contributed by atoms with van der Waals surface area (Å²) in [4.78, 5) is 12.1. The summed E-state index contributed by atoms with van der Waals surface area (Å²) < 4.78 is 0. The van der Waals surface area contributed by atoms with Crippen LogP contribution >= 0.6 is 0 Å². The number of nitrogens with two attached hydrogens (primary N) is 1. The summed E-state index contributed by atoms with van der Waals surface area (Å²) in [5.41, 5.74) is 10.4. The van der Waals surface area contributed by atoms with Crippen molar-refractivity contribution in [2.45, 2.75) is 25.7 Å². The zero-order valence-electron chi connectivity index (χ0n) is 14.9. The fraction of sp³-hybridized carbons (Fsp3) is 0.190. The van der Waals surface area contributed by atoms with E-state index in [-0.39, 0.29) is 0 Å². The first-order chi connectivity index (χ1) is 13.0. The Morgan fingerprint density at radius 1 is 1.11 bits per heavy atom. The number of carbonyl (C=O) groups excluding carboxylic acids is 1. The number of hydroxylamine groups is 1. The molecule has 138 valence electrons. The van der Waals surface area contributed by atoms with E-state index in [0.29, 0.717) is 17.7 Å². The molecule has 0 saturated carbocycles. The first kappa shape index (κ1) is 20.2. The van der Waals surface area contributed by atoms with Gasteiger partial charge in [-0.15, -0.1) is 0 Å². The standard InChI is InChI=1S/C21H21N3O3/c1-15(25)20(24-27)23-21(26)19-11-9-16(10-12-19)5-2-3-6-17-7-4-8-18(13-17)14-22/h4,7-13,15,20,24-25,27H,14,22H2,1H3,(H,23,26). The second kappa shape index (κ2) is 10.1. The number of amides is 1. The highest BCUT2D eigenvalue weighted by Gasteiger charge is 2.17. The van der Waals surface area contributed by atoms with Gasteiger partial charge in [-0.1, -0.05) is 24.0 Å². The maximum atomic E-state index is 12.1. The molecule has 2 atom stereocenters. The van der Waals surface area contributed by atoms with Gasteiger partial charge in [0.1, 0.15) is 6.17 Å². The van der Waals surface area contributed by atoms with Gasteiger partial charge in [-0.05, 0) is 60.7 Å². The SMILES string of the molecule is CC(O)C(NO)NC(=O)c1ccc(C#CC#Cc2cccc(CN)c2)cc1. The van der Waals surface area contributed by atoms with Crippen LogP contribution in [0.5, 0.6) is 0 Å². The van der Waals surface area contributed by atoms with Gasteiger partial charge in [0.25, 0.3) is 5.91 Å². The molecule has 0 saturated heterocycles. The van der Waals surface area contributed by atoms with E-state index < -0.39 is 18.2 Å². The summed E-state index contributed by atoms with van der Waals surface area (Å²) >= 11 is 0. The number of nitrogens with one attached hydrogen (secondary N) is 2. The van der Waals surface area contributed by atoms with Crippen LogP contribution in [-0.4, -0.2) is 28.5 Å². The van der Waals surface area contributed by atoms with E-state index in [0.717, 1.165) is 11.1 Å². The Morgan fingerprint density at radius 3 is 2.37 bits per heavy atom. The molecule has 0 aliphatic heterocycles. The number of aliphatic hydroxyl groups excluding tert-OH is 1. The molecule has 0 bridgehead atoms. The molecule has 2 aromatic rings. The second-order valence-corrected chi connectivity index (χ2v) is 5.80. The molecule has 6 heteroatoms. The number of hydrogen-bond acceptors (Lipinski definition) is 5. The lowest BCUT2D eigenvalue weighted by atomic mass is 10.1. The molecule has 1 amide bonds.